The van der Waals surface area contributed by atoms with E-state index >= 15 is 0 Å². The quantitative estimate of drug-likeness (QED) is 0.632. The van der Waals surface area contributed by atoms with Crippen molar-refractivity contribution in [1.29, 1.82) is 0 Å². The van der Waals surface area contributed by atoms with Crippen molar-refractivity contribution >= 4 is 22.7 Å². The van der Waals surface area contributed by atoms with Gasteiger partial charge in [0, 0.05) is 10.2 Å². The highest BCUT2D eigenvalue weighted by atomic mass is 32.2. The molecule has 0 bridgehead atoms. The molecule has 0 aromatic heterocycles. The molecule has 2 aromatic carbocycles. The molecule has 2 aromatic rings. The Hall–Kier alpha value is -1.47. The molecule has 0 aliphatic heterocycles. The Balaban J connectivity index is 1.88. The molecule has 0 unspecified atom stereocenters. The van der Waals surface area contributed by atoms with Gasteiger partial charge in [-0.05, 0) is 30.0 Å². The number of hydrogen-bond donors (Lipinski definition) is 0. The predicted molar refractivity (Wildman–Crippen MR) is 90.6 cm³/mol. The van der Waals surface area contributed by atoms with Crippen LogP contribution in [0.2, 0.25) is 0 Å². The van der Waals surface area contributed by atoms with Gasteiger partial charge >= 0.3 is 0 Å². The topological polar surface area (TPSA) is 0 Å². The summed E-state index contributed by atoms with van der Waals surface area (Å²) in [6, 6.07) is 21.4. The summed E-state index contributed by atoms with van der Waals surface area (Å²) in [5.74, 6) is 0. The second-order valence-corrected chi connectivity index (χ2v) is 6.65. The molecule has 0 spiro atoms. The lowest BCUT2D eigenvalue weighted by Crippen LogP contribution is -1.94. The van der Waals surface area contributed by atoms with E-state index in [1.54, 1.807) is 0 Å². The maximum Gasteiger partial charge on any atom is 0.0153 e. The summed E-state index contributed by atoms with van der Waals surface area (Å²) in [4.78, 5) is 1.41. The van der Waals surface area contributed by atoms with Crippen molar-refractivity contribution in [1.82, 2.24) is 0 Å². The molecule has 102 valence electrons. The van der Waals surface area contributed by atoms with Crippen molar-refractivity contribution in [2.75, 3.05) is 0 Å². The first-order valence-corrected chi connectivity index (χ1v) is 8.28. The SMILES string of the molecule is C(=C(\SC1CCCC1)c1ccccc1)/c1ccccc1. The molecule has 0 nitrogen and oxygen atoms in total. The van der Waals surface area contributed by atoms with Crippen LogP contribution in [0.1, 0.15) is 36.8 Å². The summed E-state index contributed by atoms with van der Waals surface area (Å²) in [5.41, 5.74) is 2.63. The lowest BCUT2D eigenvalue weighted by Gasteiger charge is -2.13. The van der Waals surface area contributed by atoms with Gasteiger partial charge in [-0.3, -0.25) is 0 Å². The summed E-state index contributed by atoms with van der Waals surface area (Å²) in [7, 11) is 0. The standard InChI is InChI=1S/C19H20S/c1-3-9-16(10-4-1)15-19(17-11-5-2-6-12-17)20-18-13-7-8-14-18/h1-6,9-12,15,18H,7-8,13-14H2/b19-15+. The molecule has 0 atom stereocenters. The van der Waals surface area contributed by atoms with Crippen molar-refractivity contribution in [3.8, 4) is 0 Å². The molecule has 0 N–H and O–H groups in total. The maximum absolute atomic E-state index is 2.33. The van der Waals surface area contributed by atoms with Crippen LogP contribution in [0.25, 0.3) is 11.0 Å². The molecule has 0 heterocycles. The van der Waals surface area contributed by atoms with E-state index in [2.05, 4.69) is 78.5 Å². The van der Waals surface area contributed by atoms with E-state index in [1.807, 2.05) is 0 Å². The molecule has 1 aliphatic rings. The van der Waals surface area contributed by atoms with Crippen molar-refractivity contribution < 1.29 is 0 Å². The molecular weight excluding hydrogens is 260 g/mol. The smallest absolute Gasteiger partial charge is 0.0153 e. The van der Waals surface area contributed by atoms with Crippen LogP contribution in [-0.2, 0) is 0 Å². The highest BCUT2D eigenvalue weighted by molar-refractivity contribution is 8.09. The Labute approximate surface area is 125 Å². The van der Waals surface area contributed by atoms with Gasteiger partial charge in [-0.25, -0.2) is 0 Å². The Morgan fingerprint density at radius 3 is 2.10 bits per heavy atom. The van der Waals surface area contributed by atoms with Gasteiger partial charge in [0.1, 0.15) is 0 Å². The largest absolute Gasteiger partial charge is 0.122 e. The fourth-order valence-electron chi connectivity index (χ4n) is 2.67. The third-order valence-corrected chi connectivity index (χ3v) is 5.16. The van der Waals surface area contributed by atoms with Crippen LogP contribution >= 0.6 is 11.8 Å². The third kappa shape index (κ3) is 3.55. The van der Waals surface area contributed by atoms with Crippen LogP contribution in [0.15, 0.2) is 60.7 Å². The first kappa shape index (κ1) is 13.5. The van der Waals surface area contributed by atoms with Gasteiger partial charge in [-0.15, -0.1) is 11.8 Å². The van der Waals surface area contributed by atoms with Gasteiger partial charge in [0.15, 0.2) is 0 Å². The Morgan fingerprint density at radius 1 is 0.850 bits per heavy atom. The lowest BCUT2D eigenvalue weighted by atomic mass is 10.1. The molecule has 1 saturated carbocycles. The minimum Gasteiger partial charge on any atom is -0.122 e. The zero-order valence-electron chi connectivity index (χ0n) is 11.7. The highest BCUT2D eigenvalue weighted by Gasteiger charge is 2.17. The summed E-state index contributed by atoms with van der Waals surface area (Å²) in [6.45, 7) is 0. The molecular formula is C19H20S. The molecule has 1 heteroatoms. The van der Waals surface area contributed by atoms with E-state index in [9.17, 15) is 0 Å². The van der Waals surface area contributed by atoms with Gasteiger partial charge in [0.2, 0.25) is 0 Å². The fraction of sp³-hybridized carbons (Fsp3) is 0.263. The van der Waals surface area contributed by atoms with Crippen LogP contribution in [-0.4, -0.2) is 5.25 Å². The van der Waals surface area contributed by atoms with Gasteiger partial charge < -0.3 is 0 Å². The van der Waals surface area contributed by atoms with Gasteiger partial charge in [0.25, 0.3) is 0 Å². The molecule has 20 heavy (non-hydrogen) atoms. The normalized spacial score (nSPS) is 16.5. The maximum atomic E-state index is 2.33. The molecule has 3 rings (SSSR count). The fourth-order valence-corrected chi connectivity index (χ4v) is 4.08. The van der Waals surface area contributed by atoms with Crippen molar-refractivity contribution in [2.24, 2.45) is 0 Å². The van der Waals surface area contributed by atoms with Crippen LogP contribution in [0.5, 0.6) is 0 Å². The number of benzene rings is 2. The molecule has 1 fully saturated rings. The summed E-state index contributed by atoms with van der Waals surface area (Å²) in [6.07, 6.45) is 7.85. The molecule has 0 amide bonds. The molecule has 0 saturated heterocycles. The van der Waals surface area contributed by atoms with E-state index in [4.69, 9.17) is 0 Å². The van der Waals surface area contributed by atoms with Crippen LogP contribution in [0, 0.1) is 0 Å². The van der Waals surface area contributed by atoms with Crippen LogP contribution < -0.4 is 0 Å². The van der Waals surface area contributed by atoms with E-state index < -0.39 is 0 Å². The summed E-state index contributed by atoms with van der Waals surface area (Å²) >= 11 is 2.06. The van der Waals surface area contributed by atoms with Gasteiger partial charge in [0.05, 0.1) is 0 Å². The Morgan fingerprint density at radius 2 is 1.45 bits per heavy atom. The zero-order valence-corrected chi connectivity index (χ0v) is 12.5. The van der Waals surface area contributed by atoms with Crippen molar-refractivity contribution in [3.05, 3.63) is 71.8 Å². The van der Waals surface area contributed by atoms with E-state index in [0.717, 1.165) is 5.25 Å². The summed E-state index contributed by atoms with van der Waals surface area (Å²) < 4.78 is 0. The van der Waals surface area contributed by atoms with Gasteiger partial charge in [-0.2, -0.15) is 0 Å². The van der Waals surface area contributed by atoms with E-state index in [-0.39, 0.29) is 0 Å². The Kier molecular flexibility index (Phi) is 4.60. The van der Waals surface area contributed by atoms with Crippen LogP contribution in [0.3, 0.4) is 0 Å². The van der Waals surface area contributed by atoms with Crippen LogP contribution in [0.4, 0.5) is 0 Å². The van der Waals surface area contributed by atoms with Crippen molar-refractivity contribution in [2.45, 2.75) is 30.9 Å². The number of hydrogen-bond acceptors (Lipinski definition) is 1. The number of rotatable bonds is 4. The first-order chi connectivity index (χ1) is 9.92. The van der Waals surface area contributed by atoms with E-state index in [0.29, 0.717) is 0 Å². The average Bonchev–Trinajstić information content (AvgIpc) is 3.02. The minimum absolute atomic E-state index is 0.796. The molecule has 1 aliphatic carbocycles. The monoisotopic (exact) mass is 280 g/mol. The third-order valence-electron chi connectivity index (χ3n) is 3.75. The summed E-state index contributed by atoms with van der Waals surface area (Å²) in [5, 5.41) is 0.796. The second-order valence-electron chi connectivity index (χ2n) is 5.31. The lowest BCUT2D eigenvalue weighted by molar-refractivity contribution is 0.886. The van der Waals surface area contributed by atoms with Crippen molar-refractivity contribution in [3.63, 3.8) is 0 Å². The van der Waals surface area contributed by atoms with Gasteiger partial charge in [-0.1, -0.05) is 73.5 Å². The highest BCUT2D eigenvalue weighted by Crippen LogP contribution is 2.39. The number of thioether (sulfide) groups is 1. The zero-order chi connectivity index (χ0) is 13.6. The average molecular weight is 280 g/mol. The Bertz CT molecular complexity index is 551. The second kappa shape index (κ2) is 6.81. The minimum atomic E-state index is 0.796. The van der Waals surface area contributed by atoms with E-state index in [1.165, 1.54) is 41.7 Å². The predicted octanol–water partition coefficient (Wildman–Crippen LogP) is 5.86. The molecule has 0 radical (unpaired) electrons. The first-order valence-electron chi connectivity index (χ1n) is 7.41.